The van der Waals surface area contributed by atoms with Crippen LogP contribution >= 0.6 is 27.5 Å². The molecule has 0 saturated heterocycles. The second kappa shape index (κ2) is 6.77. The zero-order valence-corrected chi connectivity index (χ0v) is 13.2. The Morgan fingerprint density at radius 3 is 2.75 bits per heavy atom. The fourth-order valence-electron chi connectivity index (χ4n) is 1.80. The number of carbonyl (C=O) groups is 1. The highest BCUT2D eigenvalue weighted by Crippen LogP contribution is 2.26. The predicted octanol–water partition coefficient (Wildman–Crippen LogP) is 4.04. The number of benzene rings is 2. The first-order valence-electron chi connectivity index (χ1n) is 5.97. The van der Waals surface area contributed by atoms with Gasteiger partial charge < -0.3 is 10.1 Å². The van der Waals surface area contributed by atoms with Gasteiger partial charge in [-0.15, -0.1) is 0 Å². The normalized spacial score (nSPS) is 10.2. The van der Waals surface area contributed by atoms with Crippen molar-refractivity contribution < 1.29 is 9.53 Å². The first kappa shape index (κ1) is 14.9. The van der Waals surface area contributed by atoms with E-state index in [-0.39, 0.29) is 5.91 Å². The molecular weight excluding hydrogens is 342 g/mol. The van der Waals surface area contributed by atoms with E-state index < -0.39 is 0 Å². The van der Waals surface area contributed by atoms with Crippen LogP contribution in [0, 0.1) is 0 Å². The highest BCUT2D eigenvalue weighted by atomic mass is 79.9. The molecule has 0 saturated carbocycles. The van der Waals surface area contributed by atoms with Gasteiger partial charge in [0.15, 0.2) is 0 Å². The number of para-hydroxylation sites is 1. The van der Waals surface area contributed by atoms with Gasteiger partial charge in [0.2, 0.25) is 0 Å². The minimum atomic E-state index is -0.220. The molecule has 0 unspecified atom stereocenters. The van der Waals surface area contributed by atoms with Crippen molar-refractivity contribution >= 4 is 33.4 Å². The number of hydrogen-bond acceptors (Lipinski definition) is 2. The van der Waals surface area contributed by atoms with Crippen molar-refractivity contribution in [3.8, 4) is 5.75 Å². The van der Waals surface area contributed by atoms with Crippen LogP contribution in [0.4, 0.5) is 0 Å². The van der Waals surface area contributed by atoms with Crippen LogP contribution in [-0.4, -0.2) is 13.0 Å². The molecule has 0 aliphatic carbocycles. The molecule has 2 aromatic carbocycles. The molecule has 2 aromatic rings. The quantitative estimate of drug-likeness (QED) is 0.900. The number of rotatable bonds is 4. The van der Waals surface area contributed by atoms with Gasteiger partial charge in [0.1, 0.15) is 5.75 Å². The number of ether oxygens (including phenoxy) is 1. The van der Waals surface area contributed by atoms with E-state index in [1.807, 2.05) is 24.3 Å². The number of nitrogens with one attached hydrogen (secondary N) is 1. The lowest BCUT2D eigenvalue weighted by Crippen LogP contribution is -2.23. The molecule has 1 N–H and O–H groups in total. The molecule has 0 radical (unpaired) electrons. The van der Waals surface area contributed by atoms with Crippen LogP contribution in [0.3, 0.4) is 0 Å². The molecule has 3 nitrogen and oxygen atoms in total. The van der Waals surface area contributed by atoms with E-state index >= 15 is 0 Å². The van der Waals surface area contributed by atoms with Crippen LogP contribution in [0.25, 0.3) is 0 Å². The summed E-state index contributed by atoms with van der Waals surface area (Å²) in [5, 5.41) is 3.24. The Hall–Kier alpha value is -1.52. The van der Waals surface area contributed by atoms with Crippen molar-refractivity contribution in [2.75, 3.05) is 7.11 Å². The Labute approximate surface area is 131 Å². The molecule has 0 bridgehead atoms. The summed E-state index contributed by atoms with van der Waals surface area (Å²) in [6.07, 6.45) is 0. The highest BCUT2D eigenvalue weighted by molar-refractivity contribution is 9.10. The van der Waals surface area contributed by atoms with Gasteiger partial charge in [-0.05, 0) is 34.1 Å². The largest absolute Gasteiger partial charge is 0.496 e. The zero-order chi connectivity index (χ0) is 14.5. The zero-order valence-electron chi connectivity index (χ0n) is 10.8. The maximum absolute atomic E-state index is 12.1. The van der Waals surface area contributed by atoms with Crippen LogP contribution in [0.15, 0.2) is 46.9 Å². The second-order valence-electron chi connectivity index (χ2n) is 4.10. The van der Waals surface area contributed by atoms with Crippen LogP contribution in [0.2, 0.25) is 5.02 Å². The number of halogens is 2. The first-order chi connectivity index (χ1) is 9.63. The Balaban J connectivity index is 2.11. The molecular formula is C15H13BrClNO2. The number of methoxy groups -OCH3 is 1. The summed E-state index contributed by atoms with van der Waals surface area (Å²) >= 11 is 9.40. The van der Waals surface area contributed by atoms with E-state index in [4.69, 9.17) is 16.3 Å². The molecule has 104 valence electrons. The van der Waals surface area contributed by atoms with Gasteiger partial charge in [0.05, 0.1) is 17.7 Å². The van der Waals surface area contributed by atoms with Crippen molar-refractivity contribution in [1.82, 2.24) is 5.32 Å². The fraction of sp³-hybridized carbons (Fsp3) is 0.133. The smallest absolute Gasteiger partial charge is 0.253 e. The molecule has 0 aromatic heterocycles. The van der Waals surface area contributed by atoms with Gasteiger partial charge in [-0.1, -0.05) is 35.9 Å². The van der Waals surface area contributed by atoms with Crippen molar-refractivity contribution in [3.63, 3.8) is 0 Å². The highest BCUT2D eigenvalue weighted by Gasteiger charge is 2.12. The average molecular weight is 355 g/mol. The van der Waals surface area contributed by atoms with Gasteiger partial charge in [0, 0.05) is 16.6 Å². The molecule has 1 amide bonds. The van der Waals surface area contributed by atoms with Gasteiger partial charge in [-0.25, -0.2) is 0 Å². The molecule has 0 aliphatic rings. The monoisotopic (exact) mass is 353 g/mol. The van der Waals surface area contributed by atoms with Crippen molar-refractivity contribution in [2.45, 2.75) is 6.54 Å². The van der Waals surface area contributed by atoms with E-state index in [2.05, 4.69) is 21.2 Å². The molecule has 0 aliphatic heterocycles. The molecule has 20 heavy (non-hydrogen) atoms. The standard InChI is InChI=1S/C15H13BrClNO2/c1-20-13-8-3-2-5-10(13)9-18-15(19)11-6-4-7-12(16)14(11)17/h2-8H,9H2,1H3,(H,18,19). The minimum absolute atomic E-state index is 0.220. The number of amides is 1. The predicted molar refractivity (Wildman–Crippen MR) is 83.3 cm³/mol. The van der Waals surface area contributed by atoms with Crippen LogP contribution in [-0.2, 0) is 6.54 Å². The first-order valence-corrected chi connectivity index (χ1v) is 7.14. The molecule has 2 rings (SSSR count). The summed E-state index contributed by atoms with van der Waals surface area (Å²) in [7, 11) is 1.60. The van der Waals surface area contributed by atoms with E-state index in [1.54, 1.807) is 25.3 Å². The maximum atomic E-state index is 12.1. The van der Waals surface area contributed by atoms with Crippen LogP contribution in [0.1, 0.15) is 15.9 Å². The van der Waals surface area contributed by atoms with E-state index in [0.29, 0.717) is 21.6 Å². The third kappa shape index (κ3) is 3.32. The summed E-state index contributed by atoms with van der Waals surface area (Å²) in [4.78, 5) is 12.1. The maximum Gasteiger partial charge on any atom is 0.253 e. The van der Waals surface area contributed by atoms with Gasteiger partial charge in [-0.3, -0.25) is 4.79 Å². The van der Waals surface area contributed by atoms with E-state index in [1.165, 1.54) is 0 Å². The number of carbonyl (C=O) groups excluding carboxylic acids is 1. The molecule has 0 spiro atoms. The second-order valence-corrected chi connectivity index (χ2v) is 5.33. The lowest BCUT2D eigenvalue weighted by atomic mass is 10.1. The third-order valence-corrected chi connectivity index (χ3v) is 4.12. The Morgan fingerprint density at radius 2 is 2.00 bits per heavy atom. The van der Waals surface area contributed by atoms with E-state index in [9.17, 15) is 4.79 Å². The van der Waals surface area contributed by atoms with Crippen molar-refractivity contribution in [2.24, 2.45) is 0 Å². The topological polar surface area (TPSA) is 38.3 Å². The van der Waals surface area contributed by atoms with Crippen molar-refractivity contribution in [1.29, 1.82) is 0 Å². The van der Waals surface area contributed by atoms with Crippen LogP contribution < -0.4 is 10.1 Å². The Morgan fingerprint density at radius 1 is 1.25 bits per heavy atom. The summed E-state index contributed by atoms with van der Waals surface area (Å²) in [5.74, 6) is 0.523. The van der Waals surface area contributed by atoms with Gasteiger partial charge in [0.25, 0.3) is 5.91 Å². The summed E-state index contributed by atoms with van der Waals surface area (Å²) in [6, 6.07) is 12.8. The van der Waals surface area contributed by atoms with Gasteiger partial charge in [-0.2, -0.15) is 0 Å². The van der Waals surface area contributed by atoms with E-state index in [0.717, 1.165) is 11.3 Å². The molecule has 0 heterocycles. The number of hydrogen-bond donors (Lipinski definition) is 1. The summed E-state index contributed by atoms with van der Waals surface area (Å²) < 4.78 is 5.94. The SMILES string of the molecule is COc1ccccc1CNC(=O)c1cccc(Br)c1Cl. The van der Waals surface area contributed by atoms with Crippen LogP contribution in [0.5, 0.6) is 5.75 Å². The molecule has 0 atom stereocenters. The summed E-state index contributed by atoms with van der Waals surface area (Å²) in [6.45, 7) is 0.381. The Kier molecular flexibility index (Phi) is 5.04. The minimum Gasteiger partial charge on any atom is -0.496 e. The summed E-state index contributed by atoms with van der Waals surface area (Å²) in [5.41, 5.74) is 1.35. The lowest BCUT2D eigenvalue weighted by Gasteiger charge is -2.10. The average Bonchev–Trinajstić information content (AvgIpc) is 2.48. The van der Waals surface area contributed by atoms with Crippen molar-refractivity contribution in [3.05, 3.63) is 63.1 Å². The van der Waals surface area contributed by atoms with Gasteiger partial charge >= 0.3 is 0 Å². The lowest BCUT2D eigenvalue weighted by molar-refractivity contribution is 0.0951. The third-order valence-electron chi connectivity index (χ3n) is 2.83. The molecule has 0 fully saturated rings. The molecule has 5 heteroatoms. The Bertz CT molecular complexity index is 631. The fourth-order valence-corrected chi connectivity index (χ4v) is 2.38.